The van der Waals surface area contributed by atoms with Gasteiger partial charge in [-0.3, -0.25) is 4.98 Å². The molecule has 0 atom stereocenters. The quantitative estimate of drug-likeness (QED) is 0.823. The summed E-state index contributed by atoms with van der Waals surface area (Å²) in [4.78, 5) is 8.82. The molecule has 0 bridgehead atoms. The topological polar surface area (TPSA) is 73.7 Å². The normalized spacial score (nSPS) is 13.5. The molecule has 0 spiro atoms. The van der Waals surface area contributed by atoms with E-state index in [4.69, 9.17) is 14.1 Å². The van der Waals surface area contributed by atoms with Gasteiger partial charge in [0.25, 0.3) is 5.88 Å². The first-order chi connectivity index (χ1) is 11.7. The first-order valence-electron chi connectivity index (χ1n) is 7.87. The Hall–Kier alpha value is -2.54. The minimum absolute atomic E-state index is 0.450. The number of hydrogen-bond donors (Lipinski definition) is 1. The summed E-state index contributed by atoms with van der Waals surface area (Å²) in [6, 6.07) is 5.67. The van der Waals surface area contributed by atoms with Crippen LogP contribution in [-0.4, -0.2) is 35.8 Å². The summed E-state index contributed by atoms with van der Waals surface area (Å²) in [6.45, 7) is 2.61. The molecule has 1 aliphatic rings. The molecule has 3 heterocycles. The fraction of sp³-hybridized carbons (Fsp3) is 0.294. The molecule has 0 saturated heterocycles. The van der Waals surface area contributed by atoms with Crippen molar-refractivity contribution >= 4 is 12.7 Å². The van der Waals surface area contributed by atoms with Crippen LogP contribution in [0.25, 0.3) is 16.8 Å². The highest BCUT2D eigenvalue weighted by Gasteiger charge is 2.24. The van der Waals surface area contributed by atoms with Gasteiger partial charge in [0.1, 0.15) is 0 Å². The first kappa shape index (κ1) is 16.3. The number of hydrogen-bond acceptors (Lipinski definition) is 6. The summed E-state index contributed by atoms with van der Waals surface area (Å²) in [5.74, 6) is 1.08. The second-order valence-electron chi connectivity index (χ2n) is 5.45. The van der Waals surface area contributed by atoms with Crippen molar-refractivity contribution in [2.75, 3.05) is 13.7 Å². The molecular weight excluding hydrogens is 307 g/mol. The SMILES string of the molecule is CCCOc1nc(-c2cncc(C3=COB(O)C3)c2)ccc1OC. The van der Waals surface area contributed by atoms with Crippen molar-refractivity contribution in [2.24, 2.45) is 0 Å². The molecule has 6 nitrogen and oxygen atoms in total. The van der Waals surface area contributed by atoms with E-state index in [0.717, 1.165) is 28.8 Å². The number of methoxy groups -OCH3 is 1. The standard InChI is InChI=1S/C17H19BN2O4/c1-3-6-23-17-16(22-2)5-4-15(20-17)13-7-12(9-19-10-13)14-8-18(21)24-11-14/h4-5,7,9-11,21H,3,6,8H2,1-2H3. The molecule has 2 aromatic rings. The maximum atomic E-state index is 9.49. The summed E-state index contributed by atoms with van der Waals surface area (Å²) in [5.41, 5.74) is 3.42. The third-order valence-corrected chi connectivity index (χ3v) is 3.65. The van der Waals surface area contributed by atoms with Crippen molar-refractivity contribution in [2.45, 2.75) is 19.7 Å². The zero-order valence-electron chi connectivity index (χ0n) is 13.7. The minimum atomic E-state index is -0.781. The molecule has 0 fully saturated rings. The maximum absolute atomic E-state index is 9.49. The molecular formula is C17H19BN2O4. The van der Waals surface area contributed by atoms with Crippen molar-refractivity contribution in [3.63, 3.8) is 0 Å². The van der Waals surface area contributed by atoms with Gasteiger partial charge < -0.3 is 19.2 Å². The fourth-order valence-corrected chi connectivity index (χ4v) is 2.43. The summed E-state index contributed by atoms with van der Waals surface area (Å²) < 4.78 is 16.0. The second kappa shape index (κ2) is 7.36. The van der Waals surface area contributed by atoms with E-state index in [1.165, 1.54) is 0 Å². The predicted molar refractivity (Wildman–Crippen MR) is 91.6 cm³/mol. The number of allylic oxidation sites excluding steroid dienone is 1. The summed E-state index contributed by atoms with van der Waals surface area (Å²) in [5, 5.41) is 9.49. The van der Waals surface area contributed by atoms with E-state index < -0.39 is 7.12 Å². The van der Waals surface area contributed by atoms with Gasteiger partial charge in [-0.05, 0) is 35.8 Å². The van der Waals surface area contributed by atoms with E-state index >= 15 is 0 Å². The van der Waals surface area contributed by atoms with Gasteiger partial charge in [-0.15, -0.1) is 0 Å². The molecule has 3 rings (SSSR count). The Morgan fingerprint density at radius 1 is 1.29 bits per heavy atom. The van der Waals surface area contributed by atoms with Crippen molar-refractivity contribution < 1.29 is 19.2 Å². The van der Waals surface area contributed by atoms with Crippen LogP contribution in [0.1, 0.15) is 18.9 Å². The van der Waals surface area contributed by atoms with Crippen LogP contribution in [0.2, 0.25) is 6.32 Å². The number of pyridine rings is 2. The highest BCUT2D eigenvalue weighted by atomic mass is 16.5. The van der Waals surface area contributed by atoms with E-state index in [9.17, 15) is 5.02 Å². The average Bonchev–Trinajstić information content (AvgIpc) is 3.06. The van der Waals surface area contributed by atoms with Crippen LogP contribution in [0.3, 0.4) is 0 Å². The third-order valence-electron chi connectivity index (χ3n) is 3.65. The molecule has 0 aromatic carbocycles. The van der Waals surface area contributed by atoms with Gasteiger partial charge >= 0.3 is 7.12 Å². The Kier molecular flexibility index (Phi) is 5.00. The van der Waals surface area contributed by atoms with Gasteiger partial charge in [0, 0.05) is 24.3 Å². The average molecular weight is 326 g/mol. The summed E-state index contributed by atoms with van der Waals surface area (Å²) >= 11 is 0. The lowest BCUT2D eigenvalue weighted by Gasteiger charge is -2.11. The first-order valence-corrected chi connectivity index (χ1v) is 7.87. The van der Waals surface area contributed by atoms with E-state index in [1.807, 2.05) is 25.1 Å². The minimum Gasteiger partial charge on any atom is -0.542 e. The van der Waals surface area contributed by atoms with Gasteiger partial charge in [0.05, 0.1) is 25.7 Å². The molecule has 0 saturated carbocycles. The molecule has 0 aliphatic carbocycles. The van der Waals surface area contributed by atoms with Crippen LogP contribution >= 0.6 is 0 Å². The lowest BCUT2D eigenvalue weighted by molar-refractivity contribution is 0.283. The zero-order chi connectivity index (χ0) is 16.9. The molecule has 7 heteroatoms. The van der Waals surface area contributed by atoms with Crippen molar-refractivity contribution in [3.8, 4) is 22.9 Å². The molecule has 1 aliphatic heterocycles. The Bertz CT molecular complexity index is 751. The van der Waals surface area contributed by atoms with Crippen LogP contribution < -0.4 is 9.47 Å². The lowest BCUT2D eigenvalue weighted by atomic mass is 9.82. The van der Waals surface area contributed by atoms with E-state index in [1.54, 1.807) is 25.8 Å². The van der Waals surface area contributed by atoms with Crippen molar-refractivity contribution in [3.05, 3.63) is 42.4 Å². The van der Waals surface area contributed by atoms with Gasteiger partial charge in [-0.25, -0.2) is 4.98 Å². The Morgan fingerprint density at radius 3 is 2.83 bits per heavy atom. The van der Waals surface area contributed by atoms with E-state index in [0.29, 0.717) is 24.6 Å². The smallest absolute Gasteiger partial charge is 0.526 e. The van der Waals surface area contributed by atoms with Crippen molar-refractivity contribution in [1.82, 2.24) is 9.97 Å². The van der Waals surface area contributed by atoms with E-state index in [2.05, 4.69) is 9.97 Å². The van der Waals surface area contributed by atoms with E-state index in [-0.39, 0.29) is 0 Å². The van der Waals surface area contributed by atoms with Crippen molar-refractivity contribution in [1.29, 1.82) is 0 Å². The van der Waals surface area contributed by atoms with Crippen LogP contribution in [0.5, 0.6) is 11.6 Å². The molecule has 24 heavy (non-hydrogen) atoms. The summed E-state index contributed by atoms with van der Waals surface area (Å²) in [7, 11) is 0.812. The van der Waals surface area contributed by atoms with Gasteiger partial charge in [-0.2, -0.15) is 0 Å². The largest absolute Gasteiger partial charge is 0.542 e. The van der Waals surface area contributed by atoms with Gasteiger partial charge in [0.2, 0.25) is 0 Å². The zero-order valence-corrected chi connectivity index (χ0v) is 13.7. The number of aromatic nitrogens is 2. The number of nitrogens with zero attached hydrogens (tertiary/aromatic N) is 2. The van der Waals surface area contributed by atoms with Crippen LogP contribution in [0.4, 0.5) is 0 Å². The van der Waals surface area contributed by atoms with Gasteiger partial charge in [-0.1, -0.05) is 6.92 Å². The highest BCUT2D eigenvalue weighted by Crippen LogP contribution is 2.31. The Balaban J connectivity index is 1.91. The Labute approximate surface area is 141 Å². The Morgan fingerprint density at radius 2 is 2.12 bits per heavy atom. The second-order valence-corrected chi connectivity index (χ2v) is 5.45. The molecule has 1 N–H and O–H groups in total. The predicted octanol–water partition coefficient (Wildman–Crippen LogP) is 2.79. The molecule has 124 valence electrons. The maximum Gasteiger partial charge on any atom is 0.526 e. The van der Waals surface area contributed by atoms with Crippen LogP contribution in [0, 0.1) is 0 Å². The molecule has 0 amide bonds. The van der Waals surface area contributed by atoms with Crippen LogP contribution in [-0.2, 0) is 4.65 Å². The summed E-state index contributed by atoms with van der Waals surface area (Å²) in [6.07, 6.45) is 6.40. The lowest BCUT2D eigenvalue weighted by Crippen LogP contribution is -2.08. The molecule has 2 aromatic heterocycles. The number of ether oxygens (including phenoxy) is 2. The van der Waals surface area contributed by atoms with Crippen LogP contribution in [0.15, 0.2) is 36.9 Å². The molecule has 0 radical (unpaired) electrons. The number of rotatable bonds is 6. The fourth-order valence-electron chi connectivity index (χ4n) is 2.43. The molecule has 0 unspecified atom stereocenters. The van der Waals surface area contributed by atoms with Gasteiger partial charge in [0.15, 0.2) is 5.75 Å². The highest BCUT2D eigenvalue weighted by molar-refractivity contribution is 6.47. The monoisotopic (exact) mass is 326 g/mol. The third kappa shape index (κ3) is 3.51.